The predicted octanol–water partition coefficient (Wildman–Crippen LogP) is 1.06. The van der Waals surface area contributed by atoms with Gasteiger partial charge in [-0.3, -0.25) is 0 Å². The summed E-state index contributed by atoms with van der Waals surface area (Å²) < 4.78 is 26.5. The molecule has 0 aromatic heterocycles. The summed E-state index contributed by atoms with van der Waals surface area (Å²) in [4.78, 5) is 0.389. The summed E-state index contributed by atoms with van der Waals surface area (Å²) in [6.45, 7) is 4.03. The van der Waals surface area contributed by atoms with Crippen molar-refractivity contribution in [3.63, 3.8) is 0 Å². The summed E-state index contributed by atoms with van der Waals surface area (Å²) in [6, 6.07) is 8.72. The number of hydrogen-bond donors (Lipinski definition) is 1. The molecule has 0 radical (unpaired) electrons. The molecule has 1 aromatic rings. The summed E-state index contributed by atoms with van der Waals surface area (Å²) in [5, 5.41) is 3.23. The molecule has 0 aliphatic carbocycles. The molecule has 4 nitrogen and oxygen atoms in total. The van der Waals surface area contributed by atoms with E-state index in [9.17, 15) is 8.42 Å². The van der Waals surface area contributed by atoms with E-state index in [1.807, 2.05) is 13.0 Å². The van der Waals surface area contributed by atoms with Gasteiger partial charge < -0.3 is 5.32 Å². The largest absolute Gasteiger partial charge is 0.314 e. The van der Waals surface area contributed by atoms with Gasteiger partial charge in [-0.15, -0.1) is 0 Å². The zero-order valence-corrected chi connectivity index (χ0v) is 10.8. The highest BCUT2D eigenvalue weighted by Gasteiger charge is 2.31. The third kappa shape index (κ3) is 2.51. The molecular formula is C12H18N2O2S. The lowest BCUT2D eigenvalue weighted by Crippen LogP contribution is -2.53. The molecule has 1 aromatic carbocycles. The summed E-state index contributed by atoms with van der Waals surface area (Å²) >= 11 is 0. The molecule has 94 valence electrons. The Morgan fingerprint density at radius 3 is 2.71 bits per heavy atom. The molecule has 0 saturated carbocycles. The number of nitrogens with zero attached hydrogens (tertiary/aromatic N) is 1. The van der Waals surface area contributed by atoms with Crippen LogP contribution in [0.15, 0.2) is 35.2 Å². The third-order valence-corrected chi connectivity index (χ3v) is 5.08. The normalized spacial score (nSPS) is 22.5. The Morgan fingerprint density at radius 2 is 2.06 bits per heavy atom. The van der Waals surface area contributed by atoms with Gasteiger partial charge in [0.15, 0.2) is 0 Å². The van der Waals surface area contributed by atoms with Gasteiger partial charge in [0.1, 0.15) is 0 Å². The average molecular weight is 254 g/mol. The van der Waals surface area contributed by atoms with Crippen molar-refractivity contribution < 1.29 is 8.42 Å². The second-order valence-electron chi connectivity index (χ2n) is 4.20. The van der Waals surface area contributed by atoms with Gasteiger partial charge in [0.05, 0.1) is 4.90 Å². The fourth-order valence-electron chi connectivity index (χ4n) is 2.13. The van der Waals surface area contributed by atoms with Gasteiger partial charge in [-0.2, -0.15) is 4.31 Å². The van der Waals surface area contributed by atoms with Gasteiger partial charge in [0, 0.05) is 25.7 Å². The van der Waals surface area contributed by atoms with Gasteiger partial charge in [0.2, 0.25) is 10.0 Å². The van der Waals surface area contributed by atoms with E-state index in [1.54, 1.807) is 28.6 Å². The highest BCUT2D eigenvalue weighted by atomic mass is 32.2. The van der Waals surface area contributed by atoms with Crippen molar-refractivity contribution in [2.45, 2.75) is 24.3 Å². The molecule has 1 aliphatic heterocycles. The Hall–Kier alpha value is -0.910. The summed E-state index contributed by atoms with van der Waals surface area (Å²) in [5.74, 6) is 0. The van der Waals surface area contributed by atoms with Crippen LogP contribution in [0, 0.1) is 0 Å². The molecule has 0 spiro atoms. The molecule has 1 heterocycles. The van der Waals surface area contributed by atoms with Crippen molar-refractivity contribution in [2.75, 3.05) is 19.6 Å². The third-order valence-electron chi connectivity index (χ3n) is 3.12. The lowest BCUT2D eigenvalue weighted by Gasteiger charge is -2.34. The van der Waals surface area contributed by atoms with Crippen molar-refractivity contribution in [3.05, 3.63) is 30.3 Å². The van der Waals surface area contributed by atoms with E-state index >= 15 is 0 Å². The zero-order chi connectivity index (χ0) is 12.3. The first-order chi connectivity index (χ1) is 8.16. The Balaban J connectivity index is 2.31. The van der Waals surface area contributed by atoms with Crippen LogP contribution in [0.4, 0.5) is 0 Å². The lowest BCUT2D eigenvalue weighted by molar-refractivity contribution is 0.261. The Bertz CT molecular complexity index is 459. The van der Waals surface area contributed by atoms with Crippen molar-refractivity contribution in [1.29, 1.82) is 0 Å². The van der Waals surface area contributed by atoms with Crippen LogP contribution in [0.2, 0.25) is 0 Å². The van der Waals surface area contributed by atoms with Crippen molar-refractivity contribution in [3.8, 4) is 0 Å². The molecule has 17 heavy (non-hydrogen) atoms. The molecule has 1 atom stereocenters. The quantitative estimate of drug-likeness (QED) is 0.877. The van der Waals surface area contributed by atoms with Crippen molar-refractivity contribution in [1.82, 2.24) is 9.62 Å². The fourth-order valence-corrected chi connectivity index (χ4v) is 3.85. The van der Waals surface area contributed by atoms with Crippen LogP contribution in [0.3, 0.4) is 0 Å². The van der Waals surface area contributed by atoms with Gasteiger partial charge >= 0.3 is 0 Å². The second-order valence-corrected chi connectivity index (χ2v) is 6.09. The van der Waals surface area contributed by atoms with Crippen LogP contribution in [-0.4, -0.2) is 38.4 Å². The first-order valence-electron chi connectivity index (χ1n) is 5.94. The molecule has 2 rings (SSSR count). The Kier molecular flexibility index (Phi) is 3.81. The highest BCUT2D eigenvalue weighted by Crippen LogP contribution is 2.20. The molecule has 1 aliphatic rings. The second kappa shape index (κ2) is 5.16. The monoisotopic (exact) mass is 254 g/mol. The van der Waals surface area contributed by atoms with Crippen molar-refractivity contribution in [2.24, 2.45) is 0 Å². The number of nitrogens with one attached hydrogen (secondary N) is 1. The van der Waals surface area contributed by atoms with Crippen LogP contribution in [0.25, 0.3) is 0 Å². The Labute approximate surface area is 103 Å². The molecule has 1 fully saturated rings. The zero-order valence-electron chi connectivity index (χ0n) is 9.96. The van der Waals surface area contributed by atoms with Crippen LogP contribution in [0.5, 0.6) is 0 Å². The number of piperazine rings is 1. The molecule has 1 N–H and O–H groups in total. The molecule has 0 amide bonds. The van der Waals surface area contributed by atoms with Crippen LogP contribution >= 0.6 is 0 Å². The maximum absolute atomic E-state index is 12.5. The first-order valence-corrected chi connectivity index (χ1v) is 7.38. The van der Waals surface area contributed by atoms with E-state index in [2.05, 4.69) is 5.32 Å². The highest BCUT2D eigenvalue weighted by molar-refractivity contribution is 7.89. The van der Waals surface area contributed by atoms with Crippen LogP contribution in [-0.2, 0) is 10.0 Å². The first kappa shape index (κ1) is 12.5. The van der Waals surface area contributed by atoms with Crippen LogP contribution in [0.1, 0.15) is 13.3 Å². The van der Waals surface area contributed by atoms with Gasteiger partial charge in [0.25, 0.3) is 0 Å². The predicted molar refractivity (Wildman–Crippen MR) is 67.3 cm³/mol. The maximum atomic E-state index is 12.5. The summed E-state index contributed by atoms with van der Waals surface area (Å²) in [5.41, 5.74) is 0. The number of hydrogen-bond acceptors (Lipinski definition) is 3. The Morgan fingerprint density at radius 1 is 1.35 bits per heavy atom. The van der Waals surface area contributed by atoms with E-state index < -0.39 is 10.0 Å². The number of rotatable bonds is 3. The lowest BCUT2D eigenvalue weighted by atomic mass is 10.2. The van der Waals surface area contributed by atoms with Crippen LogP contribution < -0.4 is 5.32 Å². The molecule has 1 unspecified atom stereocenters. The van der Waals surface area contributed by atoms with E-state index in [-0.39, 0.29) is 6.04 Å². The molecule has 5 heteroatoms. The minimum absolute atomic E-state index is 0.0638. The molecular weight excluding hydrogens is 236 g/mol. The van der Waals surface area contributed by atoms with E-state index in [0.29, 0.717) is 11.4 Å². The SMILES string of the molecule is CCC1CNCCN1S(=O)(=O)c1ccccc1. The topological polar surface area (TPSA) is 49.4 Å². The summed E-state index contributed by atoms with van der Waals surface area (Å²) in [6.07, 6.45) is 0.832. The van der Waals surface area contributed by atoms with Gasteiger partial charge in [-0.05, 0) is 18.6 Å². The summed E-state index contributed by atoms with van der Waals surface area (Å²) in [7, 11) is -3.33. The van der Waals surface area contributed by atoms with E-state index in [1.165, 1.54) is 0 Å². The smallest absolute Gasteiger partial charge is 0.243 e. The molecule has 1 saturated heterocycles. The van der Waals surface area contributed by atoms with E-state index in [4.69, 9.17) is 0 Å². The standard InChI is InChI=1S/C12H18N2O2S/c1-2-11-10-13-8-9-14(11)17(15,16)12-6-4-3-5-7-12/h3-7,11,13H,2,8-10H2,1H3. The molecule has 0 bridgehead atoms. The van der Waals surface area contributed by atoms with E-state index in [0.717, 1.165) is 19.5 Å². The average Bonchev–Trinajstić information content (AvgIpc) is 2.39. The minimum Gasteiger partial charge on any atom is -0.314 e. The maximum Gasteiger partial charge on any atom is 0.243 e. The van der Waals surface area contributed by atoms with Gasteiger partial charge in [-0.1, -0.05) is 25.1 Å². The van der Waals surface area contributed by atoms with Crippen molar-refractivity contribution >= 4 is 10.0 Å². The number of benzene rings is 1. The fraction of sp³-hybridized carbons (Fsp3) is 0.500. The minimum atomic E-state index is -3.33. The van der Waals surface area contributed by atoms with Gasteiger partial charge in [-0.25, -0.2) is 8.42 Å². The number of sulfonamides is 1.